The zero-order chi connectivity index (χ0) is 16.0. The average Bonchev–Trinajstić information content (AvgIpc) is 2.48. The smallest absolute Gasteiger partial charge is 0.395 e. The Balaban J connectivity index is 2.18. The molecule has 0 amide bonds. The number of aliphatic hydroxyl groups is 1. The highest BCUT2D eigenvalue weighted by Gasteiger charge is 2.33. The lowest BCUT2D eigenvalue weighted by Crippen LogP contribution is -2.27. The molecule has 118 valence electrons. The van der Waals surface area contributed by atoms with Crippen molar-refractivity contribution in [1.82, 2.24) is 4.90 Å². The van der Waals surface area contributed by atoms with Gasteiger partial charge in [-0.1, -0.05) is 48.5 Å². The van der Waals surface area contributed by atoms with E-state index in [1.54, 1.807) is 11.0 Å². The highest BCUT2D eigenvalue weighted by Crippen LogP contribution is 2.32. The molecule has 22 heavy (non-hydrogen) atoms. The number of alkyl halides is 3. The van der Waals surface area contributed by atoms with Gasteiger partial charge < -0.3 is 5.11 Å². The van der Waals surface area contributed by atoms with Crippen LogP contribution in [0, 0.1) is 0 Å². The van der Waals surface area contributed by atoms with Gasteiger partial charge >= 0.3 is 6.18 Å². The molecular weight excluding hydrogens is 291 g/mol. The summed E-state index contributed by atoms with van der Waals surface area (Å²) >= 11 is 0. The third-order valence-corrected chi connectivity index (χ3v) is 3.38. The second kappa shape index (κ2) is 7.42. The highest BCUT2D eigenvalue weighted by atomic mass is 19.4. The largest absolute Gasteiger partial charge is 0.416 e. The number of hydrogen-bond acceptors (Lipinski definition) is 2. The number of benzene rings is 2. The molecule has 0 aliphatic heterocycles. The van der Waals surface area contributed by atoms with Gasteiger partial charge in [-0.15, -0.1) is 0 Å². The number of aliphatic hydroxyl groups excluding tert-OH is 1. The summed E-state index contributed by atoms with van der Waals surface area (Å²) in [4.78, 5) is 1.81. The fourth-order valence-electron chi connectivity index (χ4n) is 2.37. The number of rotatable bonds is 6. The third-order valence-electron chi connectivity index (χ3n) is 3.38. The molecule has 0 unspecified atom stereocenters. The lowest BCUT2D eigenvalue weighted by atomic mass is 10.1. The third kappa shape index (κ3) is 4.58. The SMILES string of the molecule is OCCN(Cc1ccccc1)Cc1ccccc1C(F)(F)F. The molecule has 0 saturated heterocycles. The van der Waals surface area contributed by atoms with Crippen molar-refractivity contribution in [3.63, 3.8) is 0 Å². The van der Waals surface area contributed by atoms with Gasteiger partial charge in [0.2, 0.25) is 0 Å². The minimum atomic E-state index is -4.37. The molecule has 0 aromatic heterocycles. The first-order valence-corrected chi connectivity index (χ1v) is 7.03. The predicted octanol–water partition coefficient (Wildman–Crippen LogP) is 3.70. The van der Waals surface area contributed by atoms with Gasteiger partial charge in [-0.3, -0.25) is 4.90 Å². The minimum Gasteiger partial charge on any atom is -0.395 e. The maximum Gasteiger partial charge on any atom is 0.416 e. The Labute approximate surface area is 127 Å². The van der Waals surface area contributed by atoms with Crippen LogP contribution in [0.25, 0.3) is 0 Å². The van der Waals surface area contributed by atoms with Crippen molar-refractivity contribution in [2.45, 2.75) is 19.3 Å². The molecule has 2 aromatic rings. The summed E-state index contributed by atoms with van der Waals surface area (Å²) in [6, 6.07) is 15.1. The van der Waals surface area contributed by atoms with Crippen molar-refractivity contribution in [1.29, 1.82) is 0 Å². The van der Waals surface area contributed by atoms with Crippen LogP contribution in [0.15, 0.2) is 54.6 Å². The van der Waals surface area contributed by atoms with Crippen molar-refractivity contribution >= 4 is 0 Å². The Morgan fingerprint density at radius 2 is 1.50 bits per heavy atom. The summed E-state index contributed by atoms with van der Waals surface area (Å²) in [5.41, 5.74) is 0.603. The van der Waals surface area contributed by atoms with Gasteiger partial charge in [0, 0.05) is 19.6 Å². The van der Waals surface area contributed by atoms with E-state index >= 15 is 0 Å². The molecule has 2 nitrogen and oxygen atoms in total. The zero-order valence-electron chi connectivity index (χ0n) is 12.1. The van der Waals surface area contributed by atoms with E-state index in [4.69, 9.17) is 5.11 Å². The van der Waals surface area contributed by atoms with E-state index in [1.165, 1.54) is 12.1 Å². The zero-order valence-corrected chi connectivity index (χ0v) is 12.1. The summed E-state index contributed by atoms with van der Waals surface area (Å²) in [5, 5.41) is 9.16. The Hall–Kier alpha value is -1.85. The molecule has 0 heterocycles. The predicted molar refractivity (Wildman–Crippen MR) is 79.1 cm³/mol. The summed E-state index contributed by atoms with van der Waals surface area (Å²) in [5.74, 6) is 0. The van der Waals surface area contributed by atoms with E-state index in [9.17, 15) is 13.2 Å². The fourth-order valence-corrected chi connectivity index (χ4v) is 2.37. The van der Waals surface area contributed by atoms with Crippen molar-refractivity contribution in [2.75, 3.05) is 13.2 Å². The molecular formula is C17H18F3NO. The van der Waals surface area contributed by atoms with Gasteiger partial charge in [-0.2, -0.15) is 13.2 Å². The van der Waals surface area contributed by atoms with Gasteiger partial charge in [-0.25, -0.2) is 0 Å². The molecule has 0 bridgehead atoms. The summed E-state index contributed by atoms with van der Waals surface area (Å²) < 4.78 is 39.1. The van der Waals surface area contributed by atoms with Crippen LogP contribution in [0.2, 0.25) is 0 Å². The molecule has 2 rings (SSSR count). The van der Waals surface area contributed by atoms with Crippen LogP contribution in [0.3, 0.4) is 0 Å². The highest BCUT2D eigenvalue weighted by molar-refractivity contribution is 5.29. The van der Waals surface area contributed by atoms with Crippen LogP contribution < -0.4 is 0 Å². The van der Waals surface area contributed by atoms with E-state index in [2.05, 4.69) is 0 Å². The number of nitrogens with zero attached hydrogens (tertiary/aromatic N) is 1. The standard InChI is InChI=1S/C17H18F3NO/c18-17(19,20)16-9-5-4-8-15(16)13-21(10-11-22)12-14-6-2-1-3-7-14/h1-9,22H,10-13H2. The van der Waals surface area contributed by atoms with Gasteiger partial charge in [0.05, 0.1) is 12.2 Å². The Kier molecular flexibility index (Phi) is 5.57. The van der Waals surface area contributed by atoms with Gasteiger partial charge in [0.25, 0.3) is 0 Å². The van der Waals surface area contributed by atoms with Gasteiger partial charge in [0.15, 0.2) is 0 Å². The van der Waals surface area contributed by atoms with Gasteiger partial charge in [0.1, 0.15) is 0 Å². The first-order valence-electron chi connectivity index (χ1n) is 7.03. The average molecular weight is 309 g/mol. The van der Waals surface area contributed by atoms with Crippen molar-refractivity contribution < 1.29 is 18.3 Å². The molecule has 0 fully saturated rings. The van der Waals surface area contributed by atoms with Gasteiger partial charge in [-0.05, 0) is 17.2 Å². The molecule has 2 aromatic carbocycles. The summed E-state index contributed by atoms with van der Waals surface area (Å²) in [7, 11) is 0. The maximum atomic E-state index is 13.0. The fraction of sp³-hybridized carbons (Fsp3) is 0.294. The quantitative estimate of drug-likeness (QED) is 0.879. The molecule has 0 aliphatic carbocycles. The van der Waals surface area contributed by atoms with Crippen molar-refractivity contribution in [3.05, 3.63) is 71.3 Å². The molecule has 0 atom stereocenters. The second-order valence-corrected chi connectivity index (χ2v) is 5.07. The molecule has 0 aliphatic rings. The second-order valence-electron chi connectivity index (χ2n) is 5.07. The summed E-state index contributed by atoms with van der Waals surface area (Å²) in [6.07, 6.45) is -4.37. The van der Waals surface area contributed by atoms with Crippen LogP contribution in [0.4, 0.5) is 13.2 Å². The molecule has 5 heteroatoms. The summed E-state index contributed by atoms with van der Waals surface area (Å²) in [6.45, 7) is 0.862. The van der Waals surface area contributed by atoms with E-state index in [-0.39, 0.29) is 18.7 Å². The topological polar surface area (TPSA) is 23.5 Å². The molecule has 0 radical (unpaired) electrons. The lowest BCUT2D eigenvalue weighted by molar-refractivity contribution is -0.138. The van der Waals surface area contributed by atoms with Crippen LogP contribution in [0.1, 0.15) is 16.7 Å². The van der Waals surface area contributed by atoms with Crippen LogP contribution in [0.5, 0.6) is 0 Å². The van der Waals surface area contributed by atoms with E-state index in [0.717, 1.165) is 11.6 Å². The van der Waals surface area contributed by atoms with Crippen LogP contribution >= 0.6 is 0 Å². The molecule has 1 N–H and O–H groups in total. The van der Waals surface area contributed by atoms with E-state index in [1.807, 2.05) is 30.3 Å². The normalized spacial score (nSPS) is 11.9. The van der Waals surface area contributed by atoms with Crippen molar-refractivity contribution in [2.24, 2.45) is 0 Å². The Morgan fingerprint density at radius 3 is 2.14 bits per heavy atom. The number of halogens is 3. The first kappa shape index (κ1) is 16.5. The maximum absolute atomic E-state index is 13.0. The van der Waals surface area contributed by atoms with E-state index in [0.29, 0.717) is 13.1 Å². The molecule has 0 spiro atoms. The van der Waals surface area contributed by atoms with Crippen LogP contribution in [-0.2, 0) is 19.3 Å². The van der Waals surface area contributed by atoms with Crippen LogP contribution in [-0.4, -0.2) is 23.2 Å². The minimum absolute atomic E-state index is 0.0962. The monoisotopic (exact) mass is 309 g/mol. The first-order chi connectivity index (χ1) is 10.5. The van der Waals surface area contributed by atoms with E-state index < -0.39 is 11.7 Å². The Morgan fingerprint density at radius 1 is 0.864 bits per heavy atom. The molecule has 0 saturated carbocycles. The van der Waals surface area contributed by atoms with Crippen molar-refractivity contribution in [3.8, 4) is 0 Å². The lowest BCUT2D eigenvalue weighted by Gasteiger charge is -2.23. The Bertz CT molecular complexity index is 584. The number of hydrogen-bond donors (Lipinski definition) is 1.